The van der Waals surface area contributed by atoms with Gasteiger partial charge in [-0.3, -0.25) is 0 Å². The van der Waals surface area contributed by atoms with Crippen molar-refractivity contribution in [1.29, 1.82) is 0 Å². The SMILES string of the molecule is CCC(CC)(CO)NS(=O)(=O)c1ccc(C)cc1Br. The quantitative estimate of drug-likeness (QED) is 0.829. The summed E-state index contributed by atoms with van der Waals surface area (Å²) in [6, 6.07) is 5.07. The molecule has 0 saturated carbocycles. The highest BCUT2D eigenvalue weighted by atomic mass is 79.9. The highest BCUT2D eigenvalue weighted by Crippen LogP contribution is 2.25. The largest absolute Gasteiger partial charge is 0.394 e. The number of aliphatic hydroxyl groups excluding tert-OH is 1. The fourth-order valence-corrected chi connectivity index (χ4v) is 4.54. The molecular weight excluding hydrogens is 330 g/mol. The molecule has 0 aromatic heterocycles. The Bertz CT molecular complexity index is 531. The summed E-state index contributed by atoms with van der Waals surface area (Å²) < 4.78 is 28.0. The normalized spacial score (nSPS) is 12.7. The molecule has 0 fully saturated rings. The molecule has 0 spiro atoms. The first-order chi connectivity index (χ1) is 8.80. The van der Waals surface area contributed by atoms with Crippen LogP contribution < -0.4 is 4.72 Å². The highest BCUT2D eigenvalue weighted by molar-refractivity contribution is 9.10. The van der Waals surface area contributed by atoms with Gasteiger partial charge in [-0.2, -0.15) is 0 Å². The monoisotopic (exact) mass is 349 g/mol. The molecule has 0 unspecified atom stereocenters. The fraction of sp³-hybridized carbons (Fsp3) is 0.538. The molecule has 1 aromatic rings. The number of aryl methyl sites for hydroxylation is 1. The highest BCUT2D eigenvalue weighted by Gasteiger charge is 2.32. The van der Waals surface area contributed by atoms with E-state index in [4.69, 9.17) is 0 Å². The van der Waals surface area contributed by atoms with Crippen molar-refractivity contribution < 1.29 is 13.5 Å². The summed E-state index contributed by atoms with van der Waals surface area (Å²) in [5.74, 6) is 0. The first-order valence-electron chi connectivity index (χ1n) is 6.21. The maximum absolute atomic E-state index is 12.4. The summed E-state index contributed by atoms with van der Waals surface area (Å²) >= 11 is 3.27. The maximum Gasteiger partial charge on any atom is 0.242 e. The van der Waals surface area contributed by atoms with Gasteiger partial charge in [0.2, 0.25) is 10.0 Å². The summed E-state index contributed by atoms with van der Waals surface area (Å²) in [6.07, 6.45) is 1.06. The lowest BCUT2D eigenvalue weighted by molar-refractivity contribution is 0.172. The molecule has 6 heteroatoms. The van der Waals surface area contributed by atoms with E-state index < -0.39 is 15.6 Å². The van der Waals surface area contributed by atoms with Gasteiger partial charge in [-0.1, -0.05) is 19.9 Å². The van der Waals surface area contributed by atoms with Gasteiger partial charge in [-0.25, -0.2) is 13.1 Å². The van der Waals surface area contributed by atoms with Gasteiger partial charge in [0.1, 0.15) is 0 Å². The summed E-state index contributed by atoms with van der Waals surface area (Å²) in [6.45, 7) is 5.38. The van der Waals surface area contributed by atoms with Crippen LogP contribution in [0.5, 0.6) is 0 Å². The van der Waals surface area contributed by atoms with E-state index >= 15 is 0 Å². The van der Waals surface area contributed by atoms with Gasteiger partial charge in [0.05, 0.1) is 17.0 Å². The van der Waals surface area contributed by atoms with Gasteiger partial charge >= 0.3 is 0 Å². The number of halogens is 1. The minimum atomic E-state index is -3.66. The van der Waals surface area contributed by atoms with Crippen LogP contribution in [0.4, 0.5) is 0 Å². The lowest BCUT2D eigenvalue weighted by Gasteiger charge is -2.30. The molecular formula is C13H20BrNO3S. The van der Waals surface area contributed by atoms with Crippen molar-refractivity contribution in [3.63, 3.8) is 0 Å². The Balaban J connectivity index is 3.17. The van der Waals surface area contributed by atoms with Crippen LogP contribution in [0.1, 0.15) is 32.3 Å². The number of sulfonamides is 1. The third kappa shape index (κ3) is 3.78. The van der Waals surface area contributed by atoms with E-state index in [-0.39, 0.29) is 11.5 Å². The summed E-state index contributed by atoms with van der Waals surface area (Å²) in [5.41, 5.74) is 0.175. The maximum atomic E-state index is 12.4. The molecule has 0 aliphatic carbocycles. The molecule has 0 amide bonds. The van der Waals surface area contributed by atoms with Crippen LogP contribution in [-0.2, 0) is 10.0 Å². The lowest BCUT2D eigenvalue weighted by atomic mass is 9.96. The molecule has 0 heterocycles. The molecule has 0 aliphatic heterocycles. The first-order valence-corrected chi connectivity index (χ1v) is 8.49. The number of benzene rings is 1. The van der Waals surface area contributed by atoms with Crippen LogP contribution in [0.2, 0.25) is 0 Å². The molecule has 4 nitrogen and oxygen atoms in total. The molecule has 1 rings (SSSR count). The minimum Gasteiger partial charge on any atom is -0.394 e. The van der Waals surface area contributed by atoms with Gasteiger partial charge < -0.3 is 5.11 Å². The molecule has 0 atom stereocenters. The average molecular weight is 350 g/mol. The smallest absolute Gasteiger partial charge is 0.242 e. The standard InChI is InChI=1S/C13H20BrNO3S/c1-4-13(5-2,9-16)15-19(17,18)12-7-6-10(3)8-11(12)14/h6-8,15-16H,4-5,9H2,1-3H3. The molecule has 0 saturated heterocycles. The zero-order chi connectivity index (χ0) is 14.7. The van der Waals surface area contributed by atoms with Gasteiger partial charge in [0.15, 0.2) is 0 Å². The fourth-order valence-electron chi connectivity index (χ4n) is 1.81. The Morgan fingerprint density at radius 3 is 2.32 bits per heavy atom. The van der Waals surface area contributed by atoms with E-state index in [0.29, 0.717) is 17.3 Å². The topological polar surface area (TPSA) is 66.4 Å². The van der Waals surface area contributed by atoms with Gasteiger partial charge in [0, 0.05) is 4.47 Å². The zero-order valence-electron chi connectivity index (χ0n) is 11.4. The third-order valence-electron chi connectivity index (χ3n) is 3.38. The molecule has 0 aliphatic rings. The van der Waals surface area contributed by atoms with Crippen molar-refractivity contribution in [2.75, 3.05) is 6.61 Å². The van der Waals surface area contributed by atoms with E-state index in [1.54, 1.807) is 18.2 Å². The second kappa shape index (κ2) is 6.35. The third-order valence-corrected chi connectivity index (χ3v) is 5.94. The van der Waals surface area contributed by atoms with Crippen LogP contribution in [0, 0.1) is 6.92 Å². The summed E-state index contributed by atoms with van der Waals surface area (Å²) in [7, 11) is -3.66. The molecule has 0 bridgehead atoms. The predicted molar refractivity (Wildman–Crippen MR) is 79.6 cm³/mol. The Labute approximate surface area is 123 Å². The average Bonchev–Trinajstić information content (AvgIpc) is 2.35. The molecule has 1 aromatic carbocycles. The van der Waals surface area contributed by atoms with Crippen molar-refractivity contribution in [3.8, 4) is 0 Å². The summed E-state index contributed by atoms with van der Waals surface area (Å²) in [5, 5.41) is 9.46. The van der Waals surface area contributed by atoms with Crippen LogP contribution in [-0.4, -0.2) is 25.7 Å². The second-order valence-electron chi connectivity index (χ2n) is 4.68. The molecule has 19 heavy (non-hydrogen) atoms. The van der Waals surface area contributed by atoms with Crippen molar-refractivity contribution in [3.05, 3.63) is 28.2 Å². The number of hydrogen-bond acceptors (Lipinski definition) is 3. The summed E-state index contributed by atoms with van der Waals surface area (Å²) in [4.78, 5) is 0.192. The number of hydrogen-bond donors (Lipinski definition) is 2. The van der Waals surface area contributed by atoms with Crippen LogP contribution in [0.25, 0.3) is 0 Å². The minimum absolute atomic E-state index is 0.192. The van der Waals surface area contributed by atoms with Crippen LogP contribution in [0.3, 0.4) is 0 Å². The van der Waals surface area contributed by atoms with Crippen molar-refractivity contribution in [2.24, 2.45) is 0 Å². The Morgan fingerprint density at radius 1 is 1.32 bits per heavy atom. The predicted octanol–water partition coefficient (Wildman–Crippen LogP) is 2.59. The second-order valence-corrected chi connectivity index (χ2v) is 7.19. The molecule has 108 valence electrons. The van der Waals surface area contributed by atoms with Gasteiger partial charge in [-0.05, 0) is 53.4 Å². The molecule has 2 N–H and O–H groups in total. The van der Waals surface area contributed by atoms with E-state index in [9.17, 15) is 13.5 Å². The van der Waals surface area contributed by atoms with Crippen molar-refractivity contribution in [2.45, 2.75) is 44.0 Å². The van der Waals surface area contributed by atoms with Crippen LogP contribution >= 0.6 is 15.9 Å². The number of nitrogens with one attached hydrogen (secondary N) is 1. The van der Waals surface area contributed by atoms with Gasteiger partial charge in [-0.15, -0.1) is 0 Å². The lowest BCUT2D eigenvalue weighted by Crippen LogP contribution is -2.50. The van der Waals surface area contributed by atoms with Crippen molar-refractivity contribution in [1.82, 2.24) is 4.72 Å². The first kappa shape index (κ1) is 16.6. The Morgan fingerprint density at radius 2 is 1.89 bits per heavy atom. The Hall–Kier alpha value is -0.430. The van der Waals surface area contributed by atoms with Crippen LogP contribution in [0.15, 0.2) is 27.6 Å². The van der Waals surface area contributed by atoms with Gasteiger partial charge in [0.25, 0.3) is 0 Å². The number of aliphatic hydroxyl groups is 1. The molecule has 0 radical (unpaired) electrons. The van der Waals surface area contributed by atoms with E-state index in [1.165, 1.54) is 0 Å². The zero-order valence-corrected chi connectivity index (χ0v) is 13.8. The van der Waals surface area contributed by atoms with E-state index in [2.05, 4.69) is 20.7 Å². The van der Waals surface area contributed by atoms with E-state index in [0.717, 1.165) is 5.56 Å². The van der Waals surface area contributed by atoms with E-state index in [1.807, 2.05) is 20.8 Å². The Kier molecular flexibility index (Phi) is 5.55. The van der Waals surface area contributed by atoms with Crippen molar-refractivity contribution >= 4 is 26.0 Å². The number of rotatable bonds is 6.